The molecule has 0 bridgehead atoms. The molecule has 29 heavy (non-hydrogen) atoms. The molecule has 154 valence electrons. The van der Waals surface area contributed by atoms with Crippen LogP contribution in [0.4, 0.5) is 5.69 Å². The summed E-state index contributed by atoms with van der Waals surface area (Å²) in [6.45, 7) is 3.45. The maximum atomic E-state index is 12.4. The van der Waals surface area contributed by atoms with Crippen molar-refractivity contribution in [2.45, 2.75) is 32.2 Å². The van der Waals surface area contributed by atoms with Crippen LogP contribution in [0, 0.1) is 0 Å². The van der Waals surface area contributed by atoms with E-state index in [4.69, 9.17) is 4.42 Å². The number of aromatic carboxylic acids is 1. The number of nitrogens with zero attached hydrogens (tertiary/aromatic N) is 1. The van der Waals surface area contributed by atoms with Crippen molar-refractivity contribution in [1.82, 2.24) is 10.2 Å². The molecule has 8 heteroatoms. The zero-order valence-electron chi connectivity index (χ0n) is 16.3. The number of rotatable bonds is 7. The van der Waals surface area contributed by atoms with E-state index < -0.39 is 11.9 Å². The lowest BCUT2D eigenvalue weighted by Gasteiger charge is -2.31. The van der Waals surface area contributed by atoms with Gasteiger partial charge >= 0.3 is 5.97 Å². The lowest BCUT2D eigenvalue weighted by Crippen LogP contribution is -2.46. The fourth-order valence-corrected chi connectivity index (χ4v) is 3.40. The van der Waals surface area contributed by atoms with E-state index in [-0.39, 0.29) is 23.3 Å². The molecule has 3 N–H and O–H groups in total. The third kappa shape index (κ3) is 5.45. The summed E-state index contributed by atoms with van der Waals surface area (Å²) in [7, 11) is 0. The van der Waals surface area contributed by atoms with E-state index >= 15 is 0 Å². The molecular weight excluding hydrogens is 374 g/mol. The van der Waals surface area contributed by atoms with E-state index in [0.29, 0.717) is 44.7 Å². The van der Waals surface area contributed by atoms with Crippen LogP contribution in [0.2, 0.25) is 0 Å². The van der Waals surface area contributed by atoms with Crippen molar-refractivity contribution in [3.8, 4) is 0 Å². The number of likely N-dealkylation sites (tertiary alicyclic amines) is 1. The number of carboxylic acids is 1. The minimum absolute atomic E-state index is 0.0175. The zero-order chi connectivity index (χ0) is 20.8. The molecule has 1 aromatic heterocycles. The number of benzene rings is 1. The van der Waals surface area contributed by atoms with Crippen molar-refractivity contribution >= 4 is 23.5 Å². The highest BCUT2D eigenvalue weighted by molar-refractivity contribution is 5.96. The van der Waals surface area contributed by atoms with Gasteiger partial charge in [-0.3, -0.25) is 14.5 Å². The van der Waals surface area contributed by atoms with E-state index in [0.717, 1.165) is 5.69 Å². The van der Waals surface area contributed by atoms with Crippen LogP contribution in [0.1, 0.15) is 46.4 Å². The second-order valence-corrected chi connectivity index (χ2v) is 7.04. The maximum absolute atomic E-state index is 12.4. The molecule has 0 aliphatic carbocycles. The highest BCUT2D eigenvalue weighted by Gasteiger charge is 2.25. The second kappa shape index (κ2) is 9.38. The largest absolute Gasteiger partial charge is 0.478 e. The normalized spacial score (nSPS) is 15.1. The predicted octanol–water partition coefficient (Wildman–Crippen LogP) is 2.37. The Bertz CT molecular complexity index is 870. The Morgan fingerprint density at radius 1 is 1.17 bits per heavy atom. The number of carboxylic acid groups (broad SMARTS) is 1. The minimum Gasteiger partial charge on any atom is -0.478 e. The smallest absolute Gasteiger partial charge is 0.339 e. The standard InChI is InChI=1S/C21H25N3O5/c1-2-17-16(21(27)28)12-18(29-17)20(26)23-15-8-10-24(11-9-15)13-19(25)22-14-6-4-3-5-7-14/h3-7,12,15H,2,8-11,13H2,1H3,(H,22,25)(H,23,26)(H,27,28). The molecule has 1 aliphatic rings. The first kappa shape index (κ1) is 20.6. The molecule has 1 aliphatic heterocycles. The molecule has 8 nitrogen and oxygen atoms in total. The van der Waals surface area contributed by atoms with Gasteiger partial charge in [0.25, 0.3) is 5.91 Å². The van der Waals surface area contributed by atoms with Crippen LogP contribution in [0.25, 0.3) is 0 Å². The third-order valence-corrected chi connectivity index (χ3v) is 4.93. The van der Waals surface area contributed by atoms with Crippen molar-refractivity contribution in [3.05, 3.63) is 53.5 Å². The fraction of sp³-hybridized carbons (Fsp3) is 0.381. The van der Waals surface area contributed by atoms with Gasteiger partial charge in [0.05, 0.1) is 6.54 Å². The molecule has 0 saturated carbocycles. The van der Waals surface area contributed by atoms with Crippen LogP contribution in [0.15, 0.2) is 40.8 Å². The number of piperidine rings is 1. The lowest BCUT2D eigenvalue weighted by atomic mass is 10.0. The van der Waals surface area contributed by atoms with Crippen LogP contribution in [-0.4, -0.2) is 53.5 Å². The molecule has 2 aromatic rings. The topological polar surface area (TPSA) is 112 Å². The number of anilines is 1. The van der Waals surface area contributed by atoms with Crippen molar-refractivity contribution in [1.29, 1.82) is 0 Å². The van der Waals surface area contributed by atoms with Gasteiger partial charge in [0.1, 0.15) is 11.3 Å². The highest BCUT2D eigenvalue weighted by atomic mass is 16.4. The lowest BCUT2D eigenvalue weighted by molar-refractivity contribution is -0.117. The zero-order valence-corrected chi connectivity index (χ0v) is 16.3. The summed E-state index contributed by atoms with van der Waals surface area (Å²) in [5.74, 6) is -1.27. The molecule has 2 amide bonds. The molecule has 3 rings (SSSR count). The summed E-state index contributed by atoms with van der Waals surface area (Å²) in [6.07, 6.45) is 1.81. The summed E-state index contributed by atoms with van der Waals surface area (Å²) >= 11 is 0. The van der Waals surface area contributed by atoms with E-state index in [1.807, 2.05) is 35.2 Å². The number of furan rings is 1. The van der Waals surface area contributed by atoms with Crippen LogP contribution >= 0.6 is 0 Å². The van der Waals surface area contributed by atoms with Gasteiger partial charge in [0.15, 0.2) is 5.76 Å². The van der Waals surface area contributed by atoms with Gasteiger partial charge in [-0.2, -0.15) is 0 Å². The third-order valence-electron chi connectivity index (χ3n) is 4.93. The van der Waals surface area contributed by atoms with Crippen LogP contribution in [0.3, 0.4) is 0 Å². The Morgan fingerprint density at radius 3 is 2.45 bits per heavy atom. The maximum Gasteiger partial charge on any atom is 0.339 e. The van der Waals surface area contributed by atoms with E-state index in [1.54, 1.807) is 6.92 Å². The number of para-hydroxylation sites is 1. The first-order chi connectivity index (χ1) is 14.0. The monoisotopic (exact) mass is 399 g/mol. The average Bonchev–Trinajstić information content (AvgIpc) is 3.15. The highest BCUT2D eigenvalue weighted by Crippen LogP contribution is 2.18. The Balaban J connectivity index is 1.46. The second-order valence-electron chi connectivity index (χ2n) is 7.04. The summed E-state index contributed by atoms with van der Waals surface area (Å²) in [5, 5.41) is 14.9. The number of hydrogen-bond donors (Lipinski definition) is 3. The van der Waals surface area contributed by atoms with Gasteiger partial charge in [0.2, 0.25) is 5.91 Å². The molecule has 0 radical (unpaired) electrons. The Morgan fingerprint density at radius 2 is 1.86 bits per heavy atom. The first-order valence-corrected chi connectivity index (χ1v) is 9.70. The molecule has 1 saturated heterocycles. The molecule has 0 atom stereocenters. The molecule has 0 spiro atoms. The number of carbonyl (C=O) groups is 3. The minimum atomic E-state index is -1.10. The van der Waals surface area contributed by atoms with E-state index in [1.165, 1.54) is 6.07 Å². The van der Waals surface area contributed by atoms with Crippen molar-refractivity contribution < 1.29 is 23.9 Å². The van der Waals surface area contributed by atoms with Crippen molar-refractivity contribution in [2.24, 2.45) is 0 Å². The number of aryl methyl sites for hydroxylation is 1. The van der Waals surface area contributed by atoms with E-state index in [2.05, 4.69) is 10.6 Å². The summed E-state index contributed by atoms with van der Waals surface area (Å²) in [4.78, 5) is 37.8. The Hall–Kier alpha value is -3.13. The van der Waals surface area contributed by atoms with Gasteiger partial charge in [-0.25, -0.2) is 4.79 Å². The van der Waals surface area contributed by atoms with Gasteiger partial charge in [-0.15, -0.1) is 0 Å². The average molecular weight is 399 g/mol. The molecule has 0 unspecified atom stereocenters. The quantitative estimate of drug-likeness (QED) is 0.659. The van der Waals surface area contributed by atoms with Crippen LogP contribution in [-0.2, 0) is 11.2 Å². The summed E-state index contributed by atoms with van der Waals surface area (Å²) < 4.78 is 5.40. The predicted molar refractivity (Wildman–Crippen MR) is 107 cm³/mol. The van der Waals surface area contributed by atoms with Crippen LogP contribution in [0.5, 0.6) is 0 Å². The summed E-state index contributed by atoms with van der Waals surface area (Å²) in [6, 6.07) is 10.5. The fourth-order valence-electron chi connectivity index (χ4n) is 3.40. The summed E-state index contributed by atoms with van der Waals surface area (Å²) in [5.41, 5.74) is 0.794. The molecule has 1 fully saturated rings. The van der Waals surface area contributed by atoms with E-state index in [9.17, 15) is 19.5 Å². The van der Waals surface area contributed by atoms with Gasteiger partial charge in [-0.05, 0) is 25.0 Å². The Labute approximate surface area is 168 Å². The van der Waals surface area contributed by atoms with Crippen LogP contribution < -0.4 is 10.6 Å². The number of amides is 2. The number of carbonyl (C=O) groups excluding carboxylic acids is 2. The SMILES string of the molecule is CCc1oc(C(=O)NC2CCN(CC(=O)Nc3ccccc3)CC2)cc1C(=O)O. The van der Waals surface area contributed by atoms with Gasteiger partial charge in [-0.1, -0.05) is 25.1 Å². The molecule has 2 heterocycles. The Kier molecular flexibility index (Phi) is 6.66. The first-order valence-electron chi connectivity index (χ1n) is 9.70. The van der Waals surface area contributed by atoms with Crippen molar-refractivity contribution in [2.75, 3.05) is 25.0 Å². The van der Waals surface area contributed by atoms with Gasteiger partial charge in [0, 0.05) is 37.3 Å². The number of hydrogen-bond acceptors (Lipinski definition) is 5. The molecule has 1 aromatic carbocycles. The number of nitrogens with one attached hydrogen (secondary N) is 2. The molecular formula is C21H25N3O5. The van der Waals surface area contributed by atoms with Gasteiger partial charge < -0.3 is 20.2 Å². The van der Waals surface area contributed by atoms with Crippen molar-refractivity contribution in [3.63, 3.8) is 0 Å².